The summed E-state index contributed by atoms with van der Waals surface area (Å²) in [4.78, 5) is 4.98. The van der Waals surface area contributed by atoms with Crippen molar-refractivity contribution in [3.05, 3.63) is 151 Å². The molecule has 0 saturated heterocycles. The molecule has 0 aromatic heterocycles. The molecule has 2 nitrogen and oxygen atoms in total. The van der Waals surface area contributed by atoms with Gasteiger partial charge in [-0.2, -0.15) is 0 Å². The van der Waals surface area contributed by atoms with Gasteiger partial charge in [0.25, 0.3) is 6.71 Å². The molecule has 198 valence electrons. The first-order chi connectivity index (χ1) is 20.9. The van der Waals surface area contributed by atoms with Gasteiger partial charge in [-0.05, 0) is 94.8 Å². The molecule has 3 aliphatic rings. The van der Waals surface area contributed by atoms with Crippen molar-refractivity contribution in [1.82, 2.24) is 0 Å². The van der Waals surface area contributed by atoms with E-state index in [1.165, 1.54) is 85.6 Å². The van der Waals surface area contributed by atoms with Crippen LogP contribution in [0.2, 0.25) is 0 Å². The molecule has 0 N–H and O–H groups in total. The van der Waals surface area contributed by atoms with Crippen LogP contribution in [-0.2, 0) is 12.8 Å². The maximum absolute atomic E-state index is 2.53. The smallest absolute Gasteiger partial charge is 0.252 e. The molecule has 6 aromatic carbocycles. The van der Waals surface area contributed by atoms with Crippen molar-refractivity contribution in [2.75, 3.05) is 9.80 Å². The Balaban J connectivity index is 1.34. The van der Waals surface area contributed by atoms with E-state index in [0.29, 0.717) is 0 Å². The van der Waals surface area contributed by atoms with E-state index < -0.39 is 0 Å². The minimum absolute atomic E-state index is 0.160. The summed E-state index contributed by atoms with van der Waals surface area (Å²) in [6.45, 7) is 0.160. The third kappa shape index (κ3) is 3.34. The van der Waals surface area contributed by atoms with Crippen LogP contribution in [-0.4, -0.2) is 6.71 Å². The first-order valence-corrected chi connectivity index (χ1v) is 15.0. The summed E-state index contributed by atoms with van der Waals surface area (Å²) < 4.78 is 0. The van der Waals surface area contributed by atoms with Crippen molar-refractivity contribution in [3.63, 3.8) is 0 Å². The van der Waals surface area contributed by atoms with Gasteiger partial charge < -0.3 is 9.80 Å². The molecule has 0 unspecified atom stereocenters. The summed E-state index contributed by atoms with van der Waals surface area (Å²) in [5.74, 6) is 0. The lowest BCUT2D eigenvalue weighted by atomic mass is 9.33. The van der Waals surface area contributed by atoms with E-state index >= 15 is 0 Å². The second-order valence-corrected chi connectivity index (χ2v) is 11.6. The van der Waals surface area contributed by atoms with Crippen molar-refractivity contribution in [2.45, 2.75) is 19.3 Å². The van der Waals surface area contributed by atoms with E-state index in [2.05, 4.69) is 149 Å². The van der Waals surface area contributed by atoms with Crippen LogP contribution in [0.3, 0.4) is 0 Å². The van der Waals surface area contributed by atoms with Gasteiger partial charge in [0.15, 0.2) is 0 Å². The third-order valence-corrected chi connectivity index (χ3v) is 9.40. The number of hydrogen-bond acceptors (Lipinski definition) is 2. The lowest BCUT2D eigenvalue weighted by molar-refractivity contribution is 0.912. The van der Waals surface area contributed by atoms with E-state index in [9.17, 15) is 0 Å². The van der Waals surface area contributed by atoms with Crippen LogP contribution in [0.4, 0.5) is 34.1 Å². The summed E-state index contributed by atoms with van der Waals surface area (Å²) >= 11 is 0. The van der Waals surface area contributed by atoms with Gasteiger partial charge in [0.2, 0.25) is 0 Å². The van der Waals surface area contributed by atoms with Crippen LogP contribution in [0.1, 0.15) is 17.5 Å². The molecule has 1 aliphatic carbocycles. The van der Waals surface area contributed by atoms with Crippen molar-refractivity contribution < 1.29 is 0 Å². The minimum Gasteiger partial charge on any atom is -0.311 e. The molecule has 6 aromatic rings. The van der Waals surface area contributed by atoms with Gasteiger partial charge in [0.1, 0.15) is 0 Å². The Kier molecular flexibility index (Phi) is 5.22. The minimum atomic E-state index is 0.160. The summed E-state index contributed by atoms with van der Waals surface area (Å²) in [6, 6.07) is 51.6. The molecule has 2 aliphatic heterocycles. The fraction of sp³-hybridized carbons (Fsp3) is 0.0769. The van der Waals surface area contributed by atoms with Crippen LogP contribution in [0.5, 0.6) is 0 Å². The molecule has 2 heterocycles. The molecule has 3 heteroatoms. The predicted molar refractivity (Wildman–Crippen MR) is 178 cm³/mol. The molecule has 0 bridgehead atoms. The molecule has 0 atom stereocenters. The number of aryl methyl sites for hydroxylation is 1. The van der Waals surface area contributed by atoms with Gasteiger partial charge in [-0.15, -0.1) is 0 Å². The molecule has 9 rings (SSSR count). The fourth-order valence-electron chi connectivity index (χ4n) is 7.72. The molecule has 0 saturated carbocycles. The second kappa shape index (κ2) is 9.25. The van der Waals surface area contributed by atoms with Crippen LogP contribution >= 0.6 is 0 Å². The van der Waals surface area contributed by atoms with E-state index in [4.69, 9.17) is 0 Å². The quantitative estimate of drug-likeness (QED) is 0.212. The van der Waals surface area contributed by atoms with Gasteiger partial charge in [-0.3, -0.25) is 0 Å². The largest absolute Gasteiger partial charge is 0.311 e. The fourth-order valence-corrected chi connectivity index (χ4v) is 7.72. The highest BCUT2D eigenvalue weighted by Crippen LogP contribution is 2.46. The van der Waals surface area contributed by atoms with E-state index in [1.807, 2.05) is 0 Å². The number of benzene rings is 6. The van der Waals surface area contributed by atoms with Gasteiger partial charge in [0.05, 0.1) is 5.69 Å². The summed E-state index contributed by atoms with van der Waals surface area (Å²) in [6.07, 6.45) is 3.58. The highest BCUT2D eigenvalue weighted by atomic mass is 15.2. The standard InChI is InChI=1S/C39H29BN2/c1-2-15-28(16-3-1)41-35-23-8-5-20-32(35)40-33-21-6-9-24-36(33)42(38-26-12-25-37(41)39(38)40)34-22-7-4-17-31(34)30-19-11-14-27-13-10-18-29(27)30/h1-9,11-12,14-17,19-26H,10,13,18H2. The Morgan fingerprint density at radius 1 is 0.429 bits per heavy atom. The Morgan fingerprint density at radius 3 is 1.79 bits per heavy atom. The molecule has 42 heavy (non-hydrogen) atoms. The van der Waals surface area contributed by atoms with Crippen LogP contribution < -0.4 is 26.2 Å². The Morgan fingerprint density at radius 2 is 1.00 bits per heavy atom. The molecule has 0 fully saturated rings. The van der Waals surface area contributed by atoms with Gasteiger partial charge in [0, 0.05) is 34.0 Å². The van der Waals surface area contributed by atoms with Crippen molar-refractivity contribution in [1.29, 1.82) is 0 Å². The van der Waals surface area contributed by atoms with E-state index in [0.717, 1.165) is 6.42 Å². The summed E-state index contributed by atoms with van der Waals surface area (Å²) in [7, 11) is 0. The third-order valence-electron chi connectivity index (χ3n) is 9.40. The van der Waals surface area contributed by atoms with Crippen LogP contribution in [0.25, 0.3) is 11.1 Å². The Hall–Kier alpha value is -5.02. The number of hydrogen-bond donors (Lipinski definition) is 0. The molecule has 0 amide bonds. The summed E-state index contributed by atoms with van der Waals surface area (Å²) in [5, 5.41) is 0. The highest BCUT2D eigenvalue weighted by molar-refractivity contribution is 7.00. The molecular weight excluding hydrogens is 507 g/mol. The second-order valence-electron chi connectivity index (χ2n) is 11.6. The number of anilines is 6. The summed E-state index contributed by atoms with van der Waals surface area (Å²) in [5.41, 5.74) is 17.2. The topological polar surface area (TPSA) is 6.48 Å². The zero-order valence-electron chi connectivity index (χ0n) is 23.4. The predicted octanol–water partition coefficient (Wildman–Crippen LogP) is 7.92. The average molecular weight is 536 g/mol. The zero-order valence-corrected chi connectivity index (χ0v) is 23.4. The number of para-hydroxylation sites is 4. The normalized spacial score (nSPS) is 14.2. The van der Waals surface area contributed by atoms with Crippen LogP contribution in [0.15, 0.2) is 140 Å². The molecule has 0 spiro atoms. The maximum atomic E-state index is 2.53. The zero-order chi connectivity index (χ0) is 27.6. The van der Waals surface area contributed by atoms with E-state index in [-0.39, 0.29) is 6.71 Å². The average Bonchev–Trinajstić information content (AvgIpc) is 3.55. The highest BCUT2D eigenvalue weighted by Gasteiger charge is 2.43. The van der Waals surface area contributed by atoms with Crippen molar-refractivity contribution in [2.24, 2.45) is 0 Å². The van der Waals surface area contributed by atoms with Crippen LogP contribution in [0, 0.1) is 0 Å². The molecule has 0 radical (unpaired) electrons. The Labute approximate surface area is 247 Å². The number of rotatable bonds is 3. The van der Waals surface area contributed by atoms with Gasteiger partial charge >= 0.3 is 0 Å². The first-order valence-electron chi connectivity index (χ1n) is 15.0. The maximum Gasteiger partial charge on any atom is 0.252 e. The van der Waals surface area contributed by atoms with Crippen molar-refractivity contribution in [3.8, 4) is 11.1 Å². The SMILES string of the molecule is c1ccc(N2c3ccccc3B3c4ccccc4N(c4ccccc4-c4cccc5c4CCC5)c4cccc2c43)cc1. The number of fused-ring (bicyclic) bond motifs is 5. The number of nitrogens with zero attached hydrogens (tertiary/aromatic N) is 2. The molecular formula is C39H29BN2. The monoisotopic (exact) mass is 536 g/mol. The first kappa shape index (κ1) is 23.7. The lowest BCUT2D eigenvalue weighted by Crippen LogP contribution is -2.61. The van der Waals surface area contributed by atoms with Gasteiger partial charge in [-0.1, -0.05) is 97.1 Å². The Bertz CT molecular complexity index is 2000. The van der Waals surface area contributed by atoms with Crippen molar-refractivity contribution >= 4 is 57.2 Å². The van der Waals surface area contributed by atoms with Gasteiger partial charge in [-0.25, -0.2) is 0 Å². The lowest BCUT2D eigenvalue weighted by Gasteiger charge is -2.44. The van der Waals surface area contributed by atoms with E-state index in [1.54, 1.807) is 0 Å².